The van der Waals surface area contributed by atoms with Crippen molar-refractivity contribution in [3.05, 3.63) is 30.1 Å². The van der Waals surface area contributed by atoms with Crippen molar-refractivity contribution in [2.45, 2.75) is 39.3 Å². The second-order valence-electron chi connectivity index (χ2n) is 5.62. The Bertz CT molecular complexity index is 555. The Hall–Kier alpha value is -1.88. The lowest BCUT2D eigenvalue weighted by atomic mass is 10.0. The number of nitrogens with one attached hydrogen (secondary N) is 2. The van der Waals surface area contributed by atoms with Crippen molar-refractivity contribution in [2.24, 2.45) is 11.7 Å². The molecule has 0 aliphatic heterocycles. The first kappa shape index (κ1) is 14.5. The number of hydrogen-bond donors (Lipinski definition) is 3. The summed E-state index contributed by atoms with van der Waals surface area (Å²) in [5.74, 6) is 1.08. The fraction of sp³-hybridized carbons (Fsp3) is 0.467. The number of fused-ring (bicyclic) bond motifs is 1. The van der Waals surface area contributed by atoms with Gasteiger partial charge in [0.15, 0.2) is 0 Å². The molecule has 0 fully saturated rings. The van der Waals surface area contributed by atoms with Gasteiger partial charge in [-0.25, -0.2) is 4.98 Å². The third kappa shape index (κ3) is 3.36. The van der Waals surface area contributed by atoms with Crippen LogP contribution in [0.5, 0.6) is 0 Å². The predicted molar refractivity (Wildman–Crippen MR) is 80.1 cm³/mol. The number of imidazole rings is 1. The zero-order valence-corrected chi connectivity index (χ0v) is 12.2. The van der Waals surface area contributed by atoms with Crippen molar-refractivity contribution in [1.82, 2.24) is 15.3 Å². The van der Waals surface area contributed by atoms with Crippen molar-refractivity contribution in [1.29, 1.82) is 0 Å². The second-order valence-corrected chi connectivity index (χ2v) is 5.62. The van der Waals surface area contributed by atoms with Crippen LogP contribution in [0, 0.1) is 5.92 Å². The van der Waals surface area contributed by atoms with Crippen molar-refractivity contribution < 1.29 is 4.79 Å². The SMILES string of the molecule is CC(C)CC(NC(=O)C(C)N)c1nc2ccccc2[nH]1. The average molecular weight is 274 g/mol. The lowest BCUT2D eigenvalue weighted by Crippen LogP contribution is -2.41. The molecule has 0 bridgehead atoms. The maximum atomic E-state index is 11.8. The van der Waals surface area contributed by atoms with E-state index in [0.29, 0.717) is 5.92 Å². The van der Waals surface area contributed by atoms with Crippen molar-refractivity contribution in [3.63, 3.8) is 0 Å². The number of carbonyl (C=O) groups excluding carboxylic acids is 1. The van der Waals surface area contributed by atoms with Crippen LogP contribution in [0.3, 0.4) is 0 Å². The van der Waals surface area contributed by atoms with Gasteiger partial charge in [-0.15, -0.1) is 0 Å². The molecule has 2 unspecified atom stereocenters. The van der Waals surface area contributed by atoms with Crippen LogP contribution in [0.4, 0.5) is 0 Å². The van der Waals surface area contributed by atoms with Gasteiger partial charge in [0.1, 0.15) is 5.82 Å². The lowest BCUT2D eigenvalue weighted by molar-refractivity contribution is -0.122. The van der Waals surface area contributed by atoms with E-state index in [0.717, 1.165) is 23.3 Å². The van der Waals surface area contributed by atoms with E-state index in [1.807, 2.05) is 24.3 Å². The van der Waals surface area contributed by atoms with E-state index in [-0.39, 0.29) is 11.9 Å². The number of rotatable bonds is 5. The Morgan fingerprint density at radius 2 is 2.05 bits per heavy atom. The normalized spacial score (nSPS) is 14.4. The predicted octanol–water partition coefficient (Wildman–Crippen LogP) is 2.11. The third-order valence-electron chi connectivity index (χ3n) is 3.17. The number of benzene rings is 1. The maximum absolute atomic E-state index is 11.8. The Morgan fingerprint density at radius 1 is 1.35 bits per heavy atom. The number of nitrogens with two attached hydrogens (primary N) is 1. The molecular weight excluding hydrogens is 252 g/mol. The Morgan fingerprint density at radius 3 is 2.65 bits per heavy atom. The molecule has 0 radical (unpaired) electrons. The van der Waals surface area contributed by atoms with Crippen LogP contribution in [0.1, 0.15) is 39.1 Å². The molecule has 0 saturated heterocycles. The monoisotopic (exact) mass is 274 g/mol. The van der Waals surface area contributed by atoms with Crippen LogP contribution < -0.4 is 11.1 Å². The first-order chi connectivity index (χ1) is 9.47. The highest BCUT2D eigenvalue weighted by Gasteiger charge is 2.21. The summed E-state index contributed by atoms with van der Waals surface area (Å²) >= 11 is 0. The quantitative estimate of drug-likeness (QED) is 0.780. The van der Waals surface area contributed by atoms with E-state index in [2.05, 4.69) is 29.1 Å². The second kappa shape index (κ2) is 6.05. The topological polar surface area (TPSA) is 83.8 Å². The fourth-order valence-electron chi connectivity index (χ4n) is 2.15. The molecule has 5 nitrogen and oxygen atoms in total. The highest BCUT2D eigenvalue weighted by molar-refractivity contribution is 5.81. The molecule has 1 heterocycles. The zero-order valence-electron chi connectivity index (χ0n) is 12.2. The molecule has 108 valence electrons. The van der Waals surface area contributed by atoms with Crippen LogP contribution in [-0.2, 0) is 4.79 Å². The van der Waals surface area contributed by atoms with Crippen LogP contribution in [0.25, 0.3) is 11.0 Å². The van der Waals surface area contributed by atoms with Gasteiger partial charge in [0.25, 0.3) is 0 Å². The van der Waals surface area contributed by atoms with Crippen molar-refractivity contribution in [2.75, 3.05) is 0 Å². The molecule has 2 rings (SSSR count). The summed E-state index contributed by atoms with van der Waals surface area (Å²) in [5, 5.41) is 2.97. The summed E-state index contributed by atoms with van der Waals surface area (Å²) in [6.45, 7) is 5.92. The smallest absolute Gasteiger partial charge is 0.237 e. The van der Waals surface area contributed by atoms with Crippen LogP contribution >= 0.6 is 0 Å². The van der Waals surface area contributed by atoms with E-state index in [1.165, 1.54) is 0 Å². The summed E-state index contributed by atoms with van der Waals surface area (Å²) in [6, 6.07) is 7.18. The minimum absolute atomic E-state index is 0.138. The first-order valence-corrected chi connectivity index (χ1v) is 6.98. The number of aromatic nitrogens is 2. The van der Waals surface area contributed by atoms with Crippen molar-refractivity contribution >= 4 is 16.9 Å². The van der Waals surface area contributed by atoms with Gasteiger partial charge in [0.05, 0.1) is 23.1 Å². The number of para-hydroxylation sites is 2. The number of aromatic amines is 1. The minimum atomic E-state index is -0.519. The molecule has 4 N–H and O–H groups in total. The van der Waals surface area contributed by atoms with Gasteiger partial charge in [0, 0.05) is 0 Å². The Kier molecular flexibility index (Phi) is 4.39. The van der Waals surface area contributed by atoms with E-state index < -0.39 is 6.04 Å². The van der Waals surface area contributed by atoms with Crippen LogP contribution in [0.15, 0.2) is 24.3 Å². The molecule has 5 heteroatoms. The fourth-order valence-corrected chi connectivity index (χ4v) is 2.15. The molecule has 0 aliphatic rings. The summed E-state index contributed by atoms with van der Waals surface area (Å²) in [4.78, 5) is 19.7. The van der Waals surface area contributed by atoms with Gasteiger partial charge in [-0.1, -0.05) is 26.0 Å². The molecular formula is C15H22N4O. The molecule has 0 saturated carbocycles. The Balaban J connectivity index is 2.27. The van der Waals surface area contributed by atoms with E-state index in [1.54, 1.807) is 6.92 Å². The zero-order chi connectivity index (χ0) is 14.7. The summed E-state index contributed by atoms with van der Waals surface area (Å²) in [5.41, 5.74) is 7.51. The summed E-state index contributed by atoms with van der Waals surface area (Å²) in [7, 11) is 0. The van der Waals surface area contributed by atoms with Crippen molar-refractivity contribution in [3.8, 4) is 0 Å². The largest absolute Gasteiger partial charge is 0.345 e. The van der Waals surface area contributed by atoms with Gasteiger partial charge in [-0.05, 0) is 31.4 Å². The number of amides is 1. The first-order valence-electron chi connectivity index (χ1n) is 6.98. The van der Waals surface area contributed by atoms with E-state index in [9.17, 15) is 4.79 Å². The summed E-state index contributed by atoms with van der Waals surface area (Å²) in [6.07, 6.45) is 0.818. The van der Waals surface area contributed by atoms with E-state index in [4.69, 9.17) is 5.73 Å². The van der Waals surface area contributed by atoms with Gasteiger partial charge in [-0.2, -0.15) is 0 Å². The van der Waals surface area contributed by atoms with Crippen LogP contribution in [-0.4, -0.2) is 21.9 Å². The van der Waals surface area contributed by atoms with Gasteiger partial charge < -0.3 is 16.0 Å². The van der Waals surface area contributed by atoms with E-state index >= 15 is 0 Å². The lowest BCUT2D eigenvalue weighted by Gasteiger charge is -2.19. The molecule has 0 spiro atoms. The molecule has 2 atom stereocenters. The van der Waals surface area contributed by atoms with Gasteiger partial charge in [-0.3, -0.25) is 4.79 Å². The molecule has 2 aromatic rings. The Labute approximate surface area is 119 Å². The van der Waals surface area contributed by atoms with Crippen LogP contribution in [0.2, 0.25) is 0 Å². The molecule has 0 aliphatic carbocycles. The number of H-pyrrole nitrogens is 1. The molecule has 20 heavy (non-hydrogen) atoms. The number of carbonyl (C=O) groups is 1. The maximum Gasteiger partial charge on any atom is 0.237 e. The highest BCUT2D eigenvalue weighted by atomic mass is 16.2. The number of hydrogen-bond acceptors (Lipinski definition) is 3. The van der Waals surface area contributed by atoms with Gasteiger partial charge in [0.2, 0.25) is 5.91 Å². The average Bonchev–Trinajstić information content (AvgIpc) is 2.80. The minimum Gasteiger partial charge on any atom is -0.345 e. The summed E-state index contributed by atoms with van der Waals surface area (Å²) < 4.78 is 0. The highest BCUT2D eigenvalue weighted by Crippen LogP contribution is 2.21. The number of nitrogens with zero attached hydrogens (tertiary/aromatic N) is 1. The molecule has 1 aromatic heterocycles. The van der Waals surface area contributed by atoms with Gasteiger partial charge >= 0.3 is 0 Å². The third-order valence-corrected chi connectivity index (χ3v) is 3.17. The standard InChI is InChI=1S/C15H22N4O/c1-9(2)8-13(19-15(20)10(3)16)14-17-11-6-4-5-7-12(11)18-14/h4-7,9-10,13H,8,16H2,1-3H3,(H,17,18)(H,19,20). The molecule has 1 aromatic carbocycles. The molecule has 1 amide bonds.